The smallest absolute Gasteiger partial charge is 0.337 e. The van der Waals surface area contributed by atoms with Gasteiger partial charge in [-0.15, -0.1) is 0 Å². The largest absolute Gasteiger partial charge is 0.465 e. The van der Waals surface area contributed by atoms with Crippen LogP contribution >= 0.6 is 0 Å². The molecule has 0 N–H and O–H groups in total. The number of methoxy groups -OCH3 is 1. The zero-order chi connectivity index (χ0) is 13.5. The first-order valence-corrected chi connectivity index (χ1v) is 5.81. The minimum Gasteiger partial charge on any atom is -0.465 e. The van der Waals surface area contributed by atoms with Gasteiger partial charge in [0.15, 0.2) is 0 Å². The minimum atomic E-state index is -0.358. The Balaban J connectivity index is 2.76. The number of hydrogen-bond donors (Lipinski definition) is 0. The van der Waals surface area contributed by atoms with Crippen molar-refractivity contribution in [2.75, 3.05) is 27.7 Å². The molecule has 18 heavy (non-hydrogen) atoms. The fourth-order valence-electron chi connectivity index (χ4n) is 1.66. The van der Waals surface area contributed by atoms with Gasteiger partial charge in [0, 0.05) is 0 Å². The number of ether oxygens (including phenoxy) is 1. The summed E-state index contributed by atoms with van der Waals surface area (Å²) in [6.07, 6.45) is 0.779. The second kappa shape index (κ2) is 6.77. The van der Waals surface area contributed by atoms with E-state index in [1.165, 1.54) is 7.11 Å². The van der Waals surface area contributed by atoms with Gasteiger partial charge in [-0.25, -0.2) is 4.79 Å². The van der Waals surface area contributed by atoms with E-state index in [4.69, 9.17) is 5.26 Å². The number of carbonyl (C=O) groups excluding carboxylic acids is 1. The lowest BCUT2D eigenvalue weighted by atomic mass is 9.96. The van der Waals surface area contributed by atoms with Crippen LogP contribution in [0.5, 0.6) is 0 Å². The third kappa shape index (κ3) is 3.86. The number of benzene rings is 1. The SMILES string of the molecule is COC(=O)c1ccc(C(C#N)CCN(C)C)cc1. The van der Waals surface area contributed by atoms with Crippen LogP contribution in [0.3, 0.4) is 0 Å². The highest BCUT2D eigenvalue weighted by atomic mass is 16.5. The van der Waals surface area contributed by atoms with Gasteiger partial charge in [-0.3, -0.25) is 0 Å². The molecule has 0 aliphatic heterocycles. The molecule has 0 saturated heterocycles. The quantitative estimate of drug-likeness (QED) is 0.746. The fourth-order valence-corrected chi connectivity index (χ4v) is 1.66. The van der Waals surface area contributed by atoms with Crippen LogP contribution < -0.4 is 0 Å². The van der Waals surface area contributed by atoms with Crippen LogP contribution in [0.1, 0.15) is 28.3 Å². The zero-order valence-corrected chi connectivity index (χ0v) is 11.0. The molecule has 0 fully saturated rings. The van der Waals surface area contributed by atoms with Gasteiger partial charge in [-0.2, -0.15) is 5.26 Å². The number of nitriles is 1. The molecule has 4 heteroatoms. The van der Waals surface area contributed by atoms with Crippen molar-refractivity contribution in [1.29, 1.82) is 5.26 Å². The van der Waals surface area contributed by atoms with E-state index in [0.717, 1.165) is 18.5 Å². The van der Waals surface area contributed by atoms with Gasteiger partial charge in [0.1, 0.15) is 0 Å². The molecule has 1 aromatic carbocycles. The Bertz CT molecular complexity index is 432. The maximum absolute atomic E-state index is 11.3. The second-order valence-corrected chi connectivity index (χ2v) is 4.39. The summed E-state index contributed by atoms with van der Waals surface area (Å²) in [5.74, 6) is -0.498. The number of rotatable bonds is 5. The molecule has 1 rings (SSSR count). The summed E-state index contributed by atoms with van der Waals surface area (Å²) in [4.78, 5) is 13.3. The lowest BCUT2D eigenvalue weighted by molar-refractivity contribution is 0.0600. The predicted molar refractivity (Wildman–Crippen MR) is 69.3 cm³/mol. The molecule has 4 nitrogen and oxygen atoms in total. The van der Waals surface area contributed by atoms with E-state index in [9.17, 15) is 4.79 Å². The normalized spacial score (nSPS) is 11.9. The molecule has 0 aliphatic carbocycles. The third-order valence-electron chi connectivity index (χ3n) is 2.75. The van der Waals surface area contributed by atoms with E-state index in [-0.39, 0.29) is 11.9 Å². The van der Waals surface area contributed by atoms with Crippen LogP contribution in [-0.2, 0) is 4.74 Å². The topological polar surface area (TPSA) is 53.3 Å². The molecule has 0 radical (unpaired) electrons. The van der Waals surface area contributed by atoms with Crippen LogP contribution in [0.25, 0.3) is 0 Å². The first-order valence-electron chi connectivity index (χ1n) is 5.81. The standard InChI is InChI=1S/C14H18N2O2/c1-16(2)9-8-13(10-15)11-4-6-12(7-5-11)14(17)18-3/h4-7,13H,8-9H2,1-3H3. The summed E-state index contributed by atoms with van der Waals surface area (Å²) in [6.45, 7) is 0.858. The molecule has 1 unspecified atom stereocenters. The van der Waals surface area contributed by atoms with Crippen molar-refractivity contribution in [3.8, 4) is 6.07 Å². The highest BCUT2D eigenvalue weighted by Crippen LogP contribution is 2.19. The van der Waals surface area contributed by atoms with E-state index in [2.05, 4.69) is 10.8 Å². The van der Waals surface area contributed by atoms with Crippen molar-refractivity contribution in [2.45, 2.75) is 12.3 Å². The number of nitrogens with zero attached hydrogens (tertiary/aromatic N) is 2. The molecule has 0 bridgehead atoms. The molecule has 0 heterocycles. The summed E-state index contributed by atoms with van der Waals surface area (Å²) in [5, 5.41) is 9.16. The van der Waals surface area contributed by atoms with Gasteiger partial charge in [-0.05, 0) is 44.8 Å². The van der Waals surface area contributed by atoms with Crippen molar-refractivity contribution >= 4 is 5.97 Å². The van der Waals surface area contributed by atoms with Crippen LogP contribution in [0, 0.1) is 11.3 Å². The summed E-state index contributed by atoms with van der Waals surface area (Å²) >= 11 is 0. The van der Waals surface area contributed by atoms with Crippen molar-refractivity contribution in [3.63, 3.8) is 0 Å². The molecular formula is C14H18N2O2. The van der Waals surface area contributed by atoms with E-state index in [1.54, 1.807) is 12.1 Å². The van der Waals surface area contributed by atoms with Gasteiger partial charge in [0.2, 0.25) is 0 Å². The Hall–Kier alpha value is -1.86. The maximum atomic E-state index is 11.3. The molecule has 0 saturated carbocycles. The molecule has 0 aromatic heterocycles. The summed E-state index contributed by atoms with van der Waals surface area (Å²) < 4.78 is 4.63. The van der Waals surface area contributed by atoms with E-state index in [1.807, 2.05) is 31.1 Å². The first kappa shape index (κ1) is 14.2. The van der Waals surface area contributed by atoms with Crippen LogP contribution in [-0.4, -0.2) is 38.6 Å². The third-order valence-corrected chi connectivity index (χ3v) is 2.75. The van der Waals surface area contributed by atoms with Gasteiger partial charge >= 0.3 is 5.97 Å². The van der Waals surface area contributed by atoms with Crippen LogP contribution in [0.15, 0.2) is 24.3 Å². The van der Waals surface area contributed by atoms with Gasteiger partial charge < -0.3 is 9.64 Å². The van der Waals surface area contributed by atoms with Crippen molar-refractivity contribution in [2.24, 2.45) is 0 Å². The highest BCUT2D eigenvalue weighted by molar-refractivity contribution is 5.89. The summed E-state index contributed by atoms with van der Waals surface area (Å²) in [7, 11) is 5.31. The van der Waals surface area contributed by atoms with Crippen molar-refractivity contribution < 1.29 is 9.53 Å². The van der Waals surface area contributed by atoms with Gasteiger partial charge in [-0.1, -0.05) is 12.1 Å². The molecule has 0 spiro atoms. The molecule has 1 aromatic rings. The molecular weight excluding hydrogens is 228 g/mol. The molecule has 0 amide bonds. The minimum absolute atomic E-state index is 0.140. The summed E-state index contributed by atoms with van der Waals surface area (Å²) in [6, 6.07) is 9.32. The zero-order valence-electron chi connectivity index (χ0n) is 11.0. The maximum Gasteiger partial charge on any atom is 0.337 e. The second-order valence-electron chi connectivity index (χ2n) is 4.39. The highest BCUT2D eigenvalue weighted by Gasteiger charge is 2.12. The average Bonchev–Trinajstić information content (AvgIpc) is 2.39. The average molecular weight is 246 g/mol. The van der Waals surface area contributed by atoms with E-state index >= 15 is 0 Å². The van der Waals surface area contributed by atoms with Crippen molar-refractivity contribution in [3.05, 3.63) is 35.4 Å². The Kier molecular flexibility index (Phi) is 5.34. The Morgan fingerprint density at radius 3 is 2.44 bits per heavy atom. The van der Waals surface area contributed by atoms with Crippen LogP contribution in [0.2, 0.25) is 0 Å². The Morgan fingerprint density at radius 2 is 2.00 bits per heavy atom. The van der Waals surface area contributed by atoms with Gasteiger partial charge in [0.05, 0.1) is 24.7 Å². The summed E-state index contributed by atoms with van der Waals surface area (Å²) in [5.41, 5.74) is 1.44. The lowest BCUT2D eigenvalue weighted by Gasteiger charge is -2.13. The molecule has 96 valence electrons. The number of esters is 1. The van der Waals surface area contributed by atoms with Gasteiger partial charge in [0.25, 0.3) is 0 Å². The number of hydrogen-bond acceptors (Lipinski definition) is 4. The Morgan fingerprint density at radius 1 is 1.39 bits per heavy atom. The van der Waals surface area contributed by atoms with Crippen molar-refractivity contribution in [1.82, 2.24) is 4.90 Å². The van der Waals surface area contributed by atoms with Crippen LogP contribution in [0.4, 0.5) is 0 Å². The molecule has 1 atom stereocenters. The first-order chi connectivity index (χ1) is 8.58. The lowest BCUT2D eigenvalue weighted by Crippen LogP contribution is -2.15. The monoisotopic (exact) mass is 246 g/mol. The van der Waals surface area contributed by atoms with E-state index in [0.29, 0.717) is 5.56 Å². The fraction of sp³-hybridized carbons (Fsp3) is 0.429. The molecule has 0 aliphatic rings. The predicted octanol–water partition coefficient (Wildman–Crippen LogP) is 2.03. The number of carbonyl (C=O) groups is 1. The van der Waals surface area contributed by atoms with E-state index < -0.39 is 0 Å². The Labute approximate surface area is 108 Å².